The quantitative estimate of drug-likeness (QED) is 0.136. The Kier molecular flexibility index (Phi) is 10.8. The van der Waals surface area contributed by atoms with Crippen LogP contribution >= 0.6 is 0 Å². The first-order valence-corrected chi connectivity index (χ1v) is 11.4. The number of rotatable bonds is 15. The molecule has 0 aliphatic carbocycles. The average Bonchev–Trinajstić information content (AvgIpc) is 2.84. The first-order valence-electron chi connectivity index (χ1n) is 11.4. The Labute approximate surface area is 199 Å². The molecule has 2 aromatic carbocycles. The van der Waals surface area contributed by atoms with Gasteiger partial charge in [-0.2, -0.15) is 5.10 Å². The van der Waals surface area contributed by atoms with Crippen molar-refractivity contribution in [2.75, 3.05) is 19.6 Å². The van der Waals surface area contributed by atoms with Crippen molar-refractivity contribution in [3.8, 4) is 11.5 Å². The van der Waals surface area contributed by atoms with Gasteiger partial charge in [0.05, 0.1) is 35.8 Å². The van der Waals surface area contributed by atoms with Crippen LogP contribution in [0.5, 0.6) is 11.5 Å². The summed E-state index contributed by atoms with van der Waals surface area (Å²) in [5, 5.41) is 26.9. The number of hydrazone groups is 1. The van der Waals surface area contributed by atoms with E-state index in [9.17, 15) is 20.2 Å². The van der Waals surface area contributed by atoms with Gasteiger partial charge in [-0.15, -0.1) is 0 Å². The summed E-state index contributed by atoms with van der Waals surface area (Å²) in [5.74, 6) is 1.13. The summed E-state index contributed by atoms with van der Waals surface area (Å²) in [6.45, 7) is 2.19. The number of benzene rings is 2. The molecule has 0 aliphatic rings. The van der Waals surface area contributed by atoms with E-state index in [1.165, 1.54) is 37.8 Å². The van der Waals surface area contributed by atoms with Crippen LogP contribution in [0.3, 0.4) is 0 Å². The van der Waals surface area contributed by atoms with Crippen molar-refractivity contribution < 1.29 is 19.3 Å². The Balaban J connectivity index is 2.27. The molecule has 0 radical (unpaired) electrons. The number of hydrogen-bond donors (Lipinski definition) is 1. The van der Waals surface area contributed by atoms with Gasteiger partial charge in [0.25, 0.3) is 5.69 Å². The third-order valence-corrected chi connectivity index (χ3v) is 5.43. The monoisotopic (exact) mass is 472 g/mol. The molecule has 1 N–H and O–H groups in total. The first-order chi connectivity index (χ1) is 16.4. The Bertz CT molecular complexity index is 1010. The number of nitrogens with zero attached hydrogens (tertiary/aromatic N) is 3. The number of nitro groups is 2. The van der Waals surface area contributed by atoms with E-state index in [0.29, 0.717) is 23.6 Å². The Morgan fingerprint density at radius 3 is 2.18 bits per heavy atom. The molecule has 0 spiro atoms. The molecule has 34 heavy (non-hydrogen) atoms. The van der Waals surface area contributed by atoms with Gasteiger partial charge in [-0.3, -0.25) is 25.7 Å². The smallest absolute Gasteiger partial charge is 0.301 e. The predicted octanol–water partition coefficient (Wildman–Crippen LogP) is 6.48. The van der Waals surface area contributed by atoms with Crippen molar-refractivity contribution in [1.29, 1.82) is 0 Å². The molecule has 0 amide bonds. The average molecular weight is 473 g/mol. The number of methoxy groups -OCH3 is 2. The number of nitrogens with one attached hydrogen (secondary N) is 1. The normalized spacial score (nSPS) is 11.2. The molecular weight excluding hydrogens is 440 g/mol. The summed E-state index contributed by atoms with van der Waals surface area (Å²) < 4.78 is 10.7. The van der Waals surface area contributed by atoms with Gasteiger partial charge >= 0.3 is 5.69 Å². The lowest BCUT2D eigenvalue weighted by Gasteiger charge is -2.12. The highest BCUT2D eigenvalue weighted by molar-refractivity contribution is 6.01. The second kappa shape index (κ2) is 13.8. The maximum Gasteiger partial charge on any atom is 0.301 e. The molecule has 10 heteroatoms. The van der Waals surface area contributed by atoms with Crippen LogP contribution in [0, 0.1) is 20.2 Å². The Morgan fingerprint density at radius 1 is 0.882 bits per heavy atom. The number of ether oxygens (including phenoxy) is 2. The van der Waals surface area contributed by atoms with Crippen LogP contribution in [-0.2, 0) is 0 Å². The lowest BCUT2D eigenvalue weighted by Crippen LogP contribution is -2.07. The second-order valence-electron chi connectivity index (χ2n) is 7.83. The number of nitro benzene ring substituents is 2. The Hall–Kier alpha value is -3.69. The number of non-ortho nitro benzene ring substituents is 1. The van der Waals surface area contributed by atoms with Gasteiger partial charge in [-0.05, 0) is 37.1 Å². The molecule has 0 heterocycles. The van der Waals surface area contributed by atoms with Crippen LogP contribution in [0.1, 0.15) is 63.9 Å². The highest BCUT2D eigenvalue weighted by atomic mass is 16.6. The zero-order valence-electron chi connectivity index (χ0n) is 19.9. The number of unbranched alkanes of at least 4 members (excludes halogenated alkanes) is 6. The van der Waals surface area contributed by atoms with Gasteiger partial charge < -0.3 is 9.47 Å². The summed E-state index contributed by atoms with van der Waals surface area (Å²) in [4.78, 5) is 21.1. The van der Waals surface area contributed by atoms with E-state index in [1.54, 1.807) is 20.3 Å². The van der Waals surface area contributed by atoms with Crippen LogP contribution in [0.25, 0.3) is 0 Å². The minimum atomic E-state index is -0.671. The maximum absolute atomic E-state index is 11.4. The summed E-state index contributed by atoms with van der Waals surface area (Å²) >= 11 is 0. The SMILES string of the molecule is CCCCCCCCCC(=NNc1ccc([N+](=O)[O-])cc1[N+](=O)[O-])c1ccc(OC)c(OC)c1. The van der Waals surface area contributed by atoms with Crippen molar-refractivity contribution in [3.63, 3.8) is 0 Å². The van der Waals surface area contributed by atoms with Gasteiger partial charge in [-0.1, -0.05) is 45.4 Å². The van der Waals surface area contributed by atoms with Crippen molar-refractivity contribution in [2.24, 2.45) is 5.10 Å². The molecule has 0 unspecified atom stereocenters. The summed E-state index contributed by atoms with van der Waals surface area (Å²) in [6.07, 6.45) is 8.63. The Morgan fingerprint density at radius 2 is 1.56 bits per heavy atom. The molecule has 0 bridgehead atoms. The van der Waals surface area contributed by atoms with Gasteiger partial charge in [0, 0.05) is 11.6 Å². The first kappa shape index (κ1) is 26.6. The third kappa shape index (κ3) is 7.72. The fourth-order valence-electron chi connectivity index (χ4n) is 3.54. The highest BCUT2D eigenvalue weighted by Crippen LogP contribution is 2.31. The van der Waals surface area contributed by atoms with Crippen LogP contribution in [0.4, 0.5) is 17.1 Å². The molecule has 184 valence electrons. The molecule has 2 rings (SSSR count). The maximum atomic E-state index is 11.4. The van der Waals surface area contributed by atoms with E-state index >= 15 is 0 Å². The lowest BCUT2D eigenvalue weighted by atomic mass is 10.0. The molecule has 0 aliphatic heterocycles. The summed E-state index contributed by atoms with van der Waals surface area (Å²) in [6, 6.07) is 8.86. The predicted molar refractivity (Wildman–Crippen MR) is 132 cm³/mol. The molecule has 0 saturated carbocycles. The summed E-state index contributed by atoms with van der Waals surface area (Å²) in [5.41, 5.74) is 3.54. The molecule has 2 aromatic rings. The van der Waals surface area contributed by atoms with E-state index < -0.39 is 15.5 Å². The molecule has 0 saturated heterocycles. The van der Waals surface area contributed by atoms with Crippen LogP contribution in [-0.4, -0.2) is 29.8 Å². The van der Waals surface area contributed by atoms with Crippen molar-refractivity contribution >= 4 is 22.8 Å². The fourth-order valence-corrected chi connectivity index (χ4v) is 3.54. The van der Waals surface area contributed by atoms with Crippen LogP contribution < -0.4 is 14.9 Å². The van der Waals surface area contributed by atoms with Gasteiger partial charge in [0.1, 0.15) is 5.69 Å². The zero-order valence-corrected chi connectivity index (χ0v) is 19.9. The van der Waals surface area contributed by atoms with Crippen molar-refractivity contribution in [3.05, 3.63) is 62.2 Å². The molecule has 0 atom stereocenters. The van der Waals surface area contributed by atoms with Crippen LogP contribution in [0.15, 0.2) is 41.5 Å². The second-order valence-corrected chi connectivity index (χ2v) is 7.83. The van der Waals surface area contributed by atoms with E-state index in [2.05, 4.69) is 17.5 Å². The van der Waals surface area contributed by atoms with Gasteiger partial charge in [-0.25, -0.2) is 0 Å². The van der Waals surface area contributed by atoms with E-state index in [0.717, 1.165) is 30.9 Å². The van der Waals surface area contributed by atoms with Crippen molar-refractivity contribution in [2.45, 2.75) is 58.3 Å². The summed E-state index contributed by atoms with van der Waals surface area (Å²) in [7, 11) is 3.10. The largest absolute Gasteiger partial charge is 0.493 e. The number of hydrogen-bond acceptors (Lipinski definition) is 8. The zero-order chi connectivity index (χ0) is 24.9. The van der Waals surface area contributed by atoms with Gasteiger partial charge in [0.2, 0.25) is 0 Å². The van der Waals surface area contributed by atoms with E-state index in [-0.39, 0.29) is 11.4 Å². The highest BCUT2D eigenvalue weighted by Gasteiger charge is 2.19. The lowest BCUT2D eigenvalue weighted by molar-refractivity contribution is -0.393. The van der Waals surface area contributed by atoms with Crippen molar-refractivity contribution in [1.82, 2.24) is 0 Å². The standard InChI is InChI=1S/C24H32N4O6/c1-4-5-6-7-8-9-10-11-20(18-12-15-23(33-2)24(16-18)34-3)25-26-21-14-13-19(27(29)30)17-22(21)28(31)32/h12-17,26H,4-11H2,1-3H3. The van der Waals surface area contributed by atoms with Crippen LogP contribution in [0.2, 0.25) is 0 Å². The molecule has 10 nitrogen and oxygen atoms in total. The van der Waals surface area contributed by atoms with E-state index in [1.807, 2.05) is 12.1 Å². The third-order valence-electron chi connectivity index (χ3n) is 5.43. The molecule has 0 aromatic heterocycles. The minimum absolute atomic E-state index is 0.0770. The fraction of sp³-hybridized carbons (Fsp3) is 0.458. The number of anilines is 1. The van der Waals surface area contributed by atoms with Gasteiger partial charge in [0.15, 0.2) is 11.5 Å². The minimum Gasteiger partial charge on any atom is -0.493 e. The molecule has 0 fully saturated rings. The molecular formula is C24H32N4O6. The topological polar surface area (TPSA) is 129 Å². The van der Waals surface area contributed by atoms with E-state index in [4.69, 9.17) is 9.47 Å².